The maximum atomic E-state index is 11.3. The van der Waals surface area contributed by atoms with E-state index in [0.29, 0.717) is 6.42 Å². The van der Waals surface area contributed by atoms with E-state index < -0.39 is 12.1 Å². The van der Waals surface area contributed by atoms with Crippen LogP contribution in [-0.2, 0) is 21.0 Å². The van der Waals surface area contributed by atoms with Crippen LogP contribution in [0, 0.1) is 0 Å². The summed E-state index contributed by atoms with van der Waals surface area (Å²) >= 11 is 0. The van der Waals surface area contributed by atoms with Gasteiger partial charge in [0.15, 0.2) is 0 Å². The van der Waals surface area contributed by atoms with Gasteiger partial charge in [0.25, 0.3) is 0 Å². The van der Waals surface area contributed by atoms with Crippen molar-refractivity contribution in [2.45, 2.75) is 45.6 Å². The zero-order valence-electron chi connectivity index (χ0n) is 11.8. The van der Waals surface area contributed by atoms with Gasteiger partial charge in [-0.2, -0.15) is 0 Å². The molecule has 0 fully saturated rings. The summed E-state index contributed by atoms with van der Waals surface area (Å²) in [5.74, 6) is -0.447. The van der Waals surface area contributed by atoms with Gasteiger partial charge in [-0.15, -0.1) is 5.48 Å². The molecule has 0 radical (unpaired) electrons. The van der Waals surface area contributed by atoms with Crippen LogP contribution in [0.2, 0.25) is 0 Å². The monoisotopic (exact) mass is 279 g/mol. The van der Waals surface area contributed by atoms with Crippen LogP contribution in [0.5, 0.6) is 0 Å². The van der Waals surface area contributed by atoms with Gasteiger partial charge < -0.3 is 9.57 Å². The van der Waals surface area contributed by atoms with E-state index >= 15 is 0 Å². The summed E-state index contributed by atoms with van der Waals surface area (Å²) in [6.07, 6.45) is 3.51. The highest BCUT2D eigenvalue weighted by molar-refractivity contribution is 5.73. The Labute approximate surface area is 119 Å². The molecule has 5 heteroatoms. The molecule has 0 aromatic heterocycles. The number of unbranched alkanes of at least 4 members (excludes halogenated alkanes) is 3. The molecule has 1 aromatic carbocycles. The number of hydrogen-bond donors (Lipinski definition) is 1. The number of hydroxylamine groups is 1. The third-order valence-corrected chi connectivity index (χ3v) is 2.70. The lowest BCUT2D eigenvalue weighted by Crippen LogP contribution is -2.27. The molecular weight excluding hydrogens is 258 g/mol. The average Bonchev–Trinajstić information content (AvgIpc) is 2.48. The van der Waals surface area contributed by atoms with Crippen molar-refractivity contribution in [3.05, 3.63) is 35.9 Å². The number of carbonyl (C=O) groups excluding carboxylic acids is 2. The molecule has 1 rings (SSSR count). The van der Waals surface area contributed by atoms with Crippen LogP contribution in [-0.4, -0.2) is 12.1 Å². The summed E-state index contributed by atoms with van der Waals surface area (Å²) < 4.78 is 4.89. The van der Waals surface area contributed by atoms with E-state index in [1.807, 2.05) is 35.8 Å². The third kappa shape index (κ3) is 7.41. The summed E-state index contributed by atoms with van der Waals surface area (Å²) in [7, 11) is 0. The average molecular weight is 279 g/mol. The quantitative estimate of drug-likeness (QED) is 0.614. The van der Waals surface area contributed by atoms with Crippen molar-refractivity contribution in [1.29, 1.82) is 0 Å². The number of hydrogen-bond acceptors (Lipinski definition) is 4. The molecule has 1 aromatic rings. The minimum Gasteiger partial charge on any atom is -0.443 e. The molecule has 0 saturated carbocycles. The minimum absolute atomic E-state index is 0.140. The van der Waals surface area contributed by atoms with Gasteiger partial charge in [-0.1, -0.05) is 56.5 Å². The van der Waals surface area contributed by atoms with Gasteiger partial charge >= 0.3 is 12.1 Å². The van der Waals surface area contributed by atoms with Crippen LogP contribution in [0.4, 0.5) is 4.79 Å². The lowest BCUT2D eigenvalue weighted by atomic mass is 10.2. The van der Waals surface area contributed by atoms with Crippen molar-refractivity contribution in [2.24, 2.45) is 0 Å². The van der Waals surface area contributed by atoms with Gasteiger partial charge in [0, 0.05) is 6.42 Å². The molecule has 0 bridgehead atoms. The van der Waals surface area contributed by atoms with Gasteiger partial charge in [-0.05, 0) is 12.0 Å². The minimum atomic E-state index is -0.768. The summed E-state index contributed by atoms with van der Waals surface area (Å²) in [5, 5.41) is 0. The van der Waals surface area contributed by atoms with E-state index in [0.717, 1.165) is 31.2 Å². The molecule has 1 N–H and O–H groups in total. The number of rotatable bonds is 7. The van der Waals surface area contributed by atoms with E-state index in [1.165, 1.54) is 0 Å². The van der Waals surface area contributed by atoms with E-state index in [4.69, 9.17) is 4.74 Å². The first-order chi connectivity index (χ1) is 9.72. The highest BCUT2D eigenvalue weighted by atomic mass is 16.7. The van der Waals surface area contributed by atoms with Crippen molar-refractivity contribution in [2.75, 3.05) is 0 Å². The fourth-order valence-electron chi connectivity index (χ4n) is 1.60. The Morgan fingerprint density at radius 1 is 1.10 bits per heavy atom. The topological polar surface area (TPSA) is 64.6 Å². The zero-order chi connectivity index (χ0) is 14.6. The normalized spacial score (nSPS) is 9.85. The number of benzene rings is 1. The predicted octanol–water partition coefficient (Wildman–Crippen LogP) is 3.34. The maximum Gasteiger partial charge on any atom is 0.441 e. The van der Waals surface area contributed by atoms with Crippen LogP contribution in [0.15, 0.2) is 30.3 Å². The van der Waals surface area contributed by atoms with Gasteiger partial charge in [-0.25, -0.2) is 9.59 Å². The van der Waals surface area contributed by atoms with E-state index in [2.05, 4.69) is 11.8 Å². The van der Waals surface area contributed by atoms with Crippen LogP contribution >= 0.6 is 0 Å². The molecule has 0 aliphatic heterocycles. The Morgan fingerprint density at radius 2 is 1.85 bits per heavy atom. The van der Waals surface area contributed by atoms with Gasteiger partial charge in [-0.3, -0.25) is 0 Å². The first-order valence-corrected chi connectivity index (χ1v) is 6.88. The highest BCUT2D eigenvalue weighted by Crippen LogP contribution is 2.03. The largest absolute Gasteiger partial charge is 0.443 e. The Morgan fingerprint density at radius 3 is 2.55 bits per heavy atom. The molecule has 0 aliphatic rings. The molecule has 110 valence electrons. The van der Waals surface area contributed by atoms with Crippen LogP contribution in [0.25, 0.3) is 0 Å². The van der Waals surface area contributed by atoms with Gasteiger partial charge in [0.1, 0.15) is 6.61 Å². The standard InChI is InChI=1S/C15H21NO4/c1-2-3-4-8-11-14(17)20-16-15(18)19-12-13-9-6-5-7-10-13/h5-7,9-10H,2-4,8,11-12H2,1H3,(H,16,18). The van der Waals surface area contributed by atoms with Gasteiger partial charge in [0.2, 0.25) is 0 Å². The fraction of sp³-hybridized carbons (Fsp3) is 0.467. The van der Waals surface area contributed by atoms with E-state index in [-0.39, 0.29) is 6.61 Å². The molecule has 0 atom stereocenters. The van der Waals surface area contributed by atoms with Crippen molar-refractivity contribution in [1.82, 2.24) is 5.48 Å². The summed E-state index contributed by atoms with van der Waals surface area (Å²) in [6.45, 7) is 2.24. The lowest BCUT2D eigenvalue weighted by Gasteiger charge is -2.07. The van der Waals surface area contributed by atoms with Crippen LogP contribution < -0.4 is 5.48 Å². The SMILES string of the molecule is CCCCCCC(=O)ONC(=O)OCc1ccccc1. The summed E-state index contributed by atoms with van der Waals surface area (Å²) in [6, 6.07) is 9.27. The van der Waals surface area contributed by atoms with Crippen molar-refractivity contribution in [3.63, 3.8) is 0 Å². The van der Waals surface area contributed by atoms with Crippen LogP contribution in [0.3, 0.4) is 0 Å². The first kappa shape index (κ1) is 16.0. The Balaban J connectivity index is 2.09. The van der Waals surface area contributed by atoms with Crippen molar-refractivity contribution >= 4 is 12.1 Å². The molecule has 20 heavy (non-hydrogen) atoms. The van der Waals surface area contributed by atoms with E-state index in [9.17, 15) is 9.59 Å². The third-order valence-electron chi connectivity index (χ3n) is 2.70. The van der Waals surface area contributed by atoms with Crippen LogP contribution in [0.1, 0.15) is 44.6 Å². The smallest absolute Gasteiger partial charge is 0.441 e. The number of ether oxygens (including phenoxy) is 1. The van der Waals surface area contributed by atoms with Crippen molar-refractivity contribution < 1.29 is 19.2 Å². The second kappa shape index (κ2) is 9.83. The molecular formula is C15H21NO4. The molecule has 0 aliphatic carbocycles. The zero-order valence-corrected chi connectivity index (χ0v) is 11.8. The Kier molecular flexibility index (Phi) is 7.87. The first-order valence-electron chi connectivity index (χ1n) is 6.88. The Bertz CT molecular complexity index is 406. The maximum absolute atomic E-state index is 11.3. The number of carbonyl (C=O) groups is 2. The summed E-state index contributed by atoms with van der Waals surface area (Å²) in [5.41, 5.74) is 2.85. The molecule has 0 heterocycles. The molecule has 1 amide bonds. The molecule has 5 nitrogen and oxygen atoms in total. The molecule has 0 spiro atoms. The molecule has 0 unspecified atom stereocenters. The Hall–Kier alpha value is -2.04. The lowest BCUT2D eigenvalue weighted by molar-refractivity contribution is -0.150. The van der Waals surface area contributed by atoms with Crippen molar-refractivity contribution in [3.8, 4) is 0 Å². The van der Waals surface area contributed by atoms with Gasteiger partial charge in [0.05, 0.1) is 0 Å². The van der Waals surface area contributed by atoms with E-state index in [1.54, 1.807) is 0 Å². The second-order valence-corrected chi connectivity index (χ2v) is 4.45. The molecule has 0 saturated heterocycles. The summed E-state index contributed by atoms with van der Waals surface area (Å²) in [4.78, 5) is 27.2. The number of nitrogens with one attached hydrogen (secondary N) is 1. The fourth-order valence-corrected chi connectivity index (χ4v) is 1.60. The predicted molar refractivity (Wildman–Crippen MR) is 74.6 cm³/mol. The number of amides is 1. The second-order valence-electron chi connectivity index (χ2n) is 4.45. The highest BCUT2D eigenvalue weighted by Gasteiger charge is 2.07.